The van der Waals surface area contributed by atoms with E-state index in [1.807, 2.05) is 0 Å². The van der Waals surface area contributed by atoms with E-state index in [0.717, 1.165) is 13.2 Å². The van der Waals surface area contributed by atoms with Gasteiger partial charge < -0.3 is 4.74 Å². The van der Waals surface area contributed by atoms with Crippen LogP contribution in [0, 0.1) is 31.6 Å². The zero-order valence-electron chi connectivity index (χ0n) is 10.1. The van der Waals surface area contributed by atoms with E-state index < -0.39 is 0 Å². The summed E-state index contributed by atoms with van der Waals surface area (Å²) in [6, 6.07) is 0.912. The van der Waals surface area contributed by atoms with Crippen molar-refractivity contribution in [2.45, 2.75) is 31.8 Å². The fraction of sp³-hybridized carbons (Fsp3) is 0.615. The molecule has 2 aliphatic rings. The molecule has 1 aliphatic carbocycles. The Morgan fingerprint density at radius 1 is 1.50 bits per heavy atom. The van der Waals surface area contributed by atoms with Crippen LogP contribution in [0.2, 0.25) is 0 Å². The predicted molar refractivity (Wildman–Crippen MR) is 64.6 cm³/mol. The fourth-order valence-corrected chi connectivity index (χ4v) is 2.37. The van der Waals surface area contributed by atoms with Crippen molar-refractivity contribution in [1.82, 2.24) is 10.4 Å². The van der Waals surface area contributed by atoms with Gasteiger partial charge in [0.2, 0.25) is 0 Å². The molecule has 1 N–H and O–H groups in total. The SMILES string of the molecule is COC[C@@H]1CCCN1N[C@H](C)[C]1[CH][CH][CH][CH]1. The second-order valence-corrected chi connectivity index (χ2v) is 4.51. The highest BCUT2D eigenvalue weighted by atomic mass is 16.5. The highest BCUT2D eigenvalue weighted by Gasteiger charge is 2.29. The predicted octanol–water partition coefficient (Wildman–Crippen LogP) is 1.40. The molecule has 0 spiro atoms. The summed E-state index contributed by atoms with van der Waals surface area (Å²) in [4.78, 5) is 0. The van der Waals surface area contributed by atoms with E-state index in [0.29, 0.717) is 12.1 Å². The first-order valence-electron chi connectivity index (χ1n) is 6.04. The van der Waals surface area contributed by atoms with Crippen LogP contribution in [-0.4, -0.2) is 37.4 Å². The third kappa shape index (κ3) is 2.96. The molecule has 1 heterocycles. The van der Waals surface area contributed by atoms with E-state index >= 15 is 0 Å². The van der Waals surface area contributed by atoms with E-state index in [2.05, 4.69) is 43.0 Å². The van der Waals surface area contributed by atoms with Crippen LogP contribution in [-0.2, 0) is 4.74 Å². The maximum atomic E-state index is 5.25. The van der Waals surface area contributed by atoms with E-state index in [4.69, 9.17) is 4.74 Å². The van der Waals surface area contributed by atoms with Crippen LogP contribution >= 0.6 is 0 Å². The molecule has 1 aliphatic heterocycles. The summed E-state index contributed by atoms with van der Waals surface area (Å²) in [5, 5.41) is 2.33. The molecular formula is C13H21N2O. The maximum absolute atomic E-state index is 5.25. The quantitative estimate of drug-likeness (QED) is 0.759. The van der Waals surface area contributed by atoms with Gasteiger partial charge in [0.1, 0.15) is 0 Å². The van der Waals surface area contributed by atoms with Crippen molar-refractivity contribution in [3.8, 4) is 0 Å². The summed E-state index contributed by atoms with van der Waals surface area (Å²) < 4.78 is 5.25. The van der Waals surface area contributed by atoms with Crippen LogP contribution in [0.4, 0.5) is 0 Å². The molecule has 2 atom stereocenters. The molecule has 3 heteroatoms. The van der Waals surface area contributed by atoms with Crippen LogP contribution in [0.25, 0.3) is 0 Å². The summed E-state index contributed by atoms with van der Waals surface area (Å²) in [7, 11) is 1.77. The Kier molecular flexibility index (Phi) is 4.62. The van der Waals surface area contributed by atoms with Gasteiger partial charge in [0.05, 0.1) is 6.61 Å². The molecule has 0 aromatic rings. The summed E-state index contributed by atoms with van der Waals surface area (Å²) in [5.74, 6) is 1.35. The molecule has 0 unspecified atom stereocenters. The lowest BCUT2D eigenvalue weighted by molar-refractivity contribution is 0.0757. The Morgan fingerprint density at radius 3 is 2.94 bits per heavy atom. The van der Waals surface area contributed by atoms with Gasteiger partial charge in [-0.2, -0.15) is 0 Å². The second-order valence-electron chi connectivity index (χ2n) is 4.51. The smallest absolute Gasteiger partial charge is 0.0632 e. The first kappa shape index (κ1) is 12.3. The van der Waals surface area contributed by atoms with Gasteiger partial charge in [-0.25, -0.2) is 5.01 Å². The maximum Gasteiger partial charge on any atom is 0.0632 e. The lowest BCUT2D eigenvalue weighted by Crippen LogP contribution is -2.49. The third-order valence-electron chi connectivity index (χ3n) is 3.28. The molecule has 0 amide bonds. The van der Waals surface area contributed by atoms with Gasteiger partial charge >= 0.3 is 0 Å². The minimum absolute atomic E-state index is 0.382. The van der Waals surface area contributed by atoms with Crippen molar-refractivity contribution in [2.75, 3.05) is 20.3 Å². The highest BCUT2D eigenvalue weighted by Crippen LogP contribution is 2.27. The van der Waals surface area contributed by atoms with E-state index in [1.54, 1.807) is 7.11 Å². The molecular weight excluding hydrogens is 200 g/mol. The zero-order valence-corrected chi connectivity index (χ0v) is 10.1. The number of hydrogen-bond acceptors (Lipinski definition) is 3. The van der Waals surface area contributed by atoms with Crippen LogP contribution in [0.1, 0.15) is 19.8 Å². The molecule has 5 radical (unpaired) electrons. The van der Waals surface area contributed by atoms with Crippen molar-refractivity contribution in [3.05, 3.63) is 31.6 Å². The number of rotatable bonds is 5. The van der Waals surface area contributed by atoms with Gasteiger partial charge in [-0.15, -0.1) is 0 Å². The largest absolute Gasteiger partial charge is 0.383 e. The number of hydrazine groups is 1. The Balaban J connectivity index is 1.78. The molecule has 16 heavy (non-hydrogen) atoms. The number of ether oxygens (including phenoxy) is 1. The lowest BCUT2D eigenvalue weighted by atomic mass is 10.0. The minimum atomic E-state index is 0.382. The van der Waals surface area contributed by atoms with Crippen molar-refractivity contribution in [3.63, 3.8) is 0 Å². The van der Waals surface area contributed by atoms with Crippen molar-refractivity contribution >= 4 is 0 Å². The normalized spacial score (nSPS) is 30.0. The Labute approximate surface area is 99.5 Å². The average molecular weight is 221 g/mol. The minimum Gasteiger partial charge on any atom is -0.383 e. The van der Waals surface area contributed by atoms with Crippen molar-refractivity contribution in [2.24, 2.45) is 0 Å². The summed E-state index contributed by atoms with van der Waals surface area (Å²) in [6.45, 7) is 4.15. The van der Waals surface area contributed by atoms with Gasteiger partial charge in [0.25, 0.3) is 0 Å². The standard InChI is InChI=1S/C13H21N2O/c1-11(12-6-3-4-7-12)14-15-9-5-8-13(15)10-16-2/h3-4,6-7,11,13-14H,5,8-10H2,1-2H3/t11-,13+/m1/s1. The average Bonchev–Trinajstić information content (AvgIpc) is 2.90. The van der Waals surface area contributed by atoms with Gasteiger partial charge in [-0.3, -0.25) is 5.43 Å². The number of nitrogens with zero attached hydrogens (tertiary/aromatic N) is 1. The van der Waals surface area contributed by atoms with Crippen LogP contribution in [0.5, 0.6) is 0 Å². The summed E-state index contributed by atoms with van der Waals surface area (Å²) >= 11 is 0. The Bertz CT molecular complexity index is 204. The first-order chi connectivity index (χ1) is 7.81. The van der Waals surface area contributed by atoms with Crippen LogP contribution in [0.3, 0.4) is 0 Å². The highest BCUT2D eigenvalue weighted by molar-refractivity contribution is 5.38. The monoisotopic (exact) mass is 221 g/mol. The number of methoxy groups -OCH3 is 1. The van der Waals surface area contributed by atoms with Crippen LogP contribution < -0.4 is 5.43 Å². The van der Waals surface area contributed by atoms with Gasteiger partial charge in [-0.1, -0.05) is 0 Å². The molecule has 0 aromatic carbocycles. The fourth-order valence-electron chi connectivity index (χ4n) is 2.37. The molecule has 1 saturated carbocycles. The second kappa shape index (κ2) is 5.99. The Hall–Kier alpha value is -0.120. The number of nitrogens with one attached hydrogen (secondary N) is 1. The summed E-state index contributed by atoms with van der Waals surface area (Å²) in [6.07, 6.45) is 11.0. The molecule has 0 bridgehead atoms. The van der Waals surface area contributed by atoms with Crippen LogP contribution in [0.15, 0.2) is 0 Å². The van der Waals surface area contributed by atoms with Gasteiger partial charge in [0, 0.05) is 31.7 Å². The van der Waals surface area contributed by atoms with Gasteiger partial charge in [-0.05, 0) is 45.4 Å². The number of hydrogen-bond donors (Lipinski definition) is 1. The zero-order chi connectivity index (χ0) is 11.4. The topological polar surface area (TPSA) is 24.5 Å². The first-order valence-corrected chi connectivity index (χ1v) is 6.04. The molecule has 89 valence electrons. The van der Waals surface area contributed by atoms with E-state index in [9.17, 15) is 0 Å². The van der Waals surface area contributed by atoms with Crippen molar-refractivity contribution < 1.29 is 4.74 Å². The molecule has 0 aromatic heterocycles. The Morgan fingerprint density at radius 2 is 2.25 bits per heavy atom. The molecule has 2 fully saturated rings. The molecule has 2 rings (SSSR count). The summed E-state index contributed by atoms with van der Waals surface area (Å²) in [5.41, 5.74) is 3.57. The molecule has 3 nitrogen and oxygen atoms in total. The molecule has 1 saturated heterocycles. The van der Waals surface area contributed by atoms with Gasteiger partial charge in [0.15, 0.2) is 0 Å². The van der Waals surface area contributed by atoms with Crippen molar-refractivity contribution in [1.29, 1.82) is 0 Å². The van der Waals surface area contributed by atoms with E-state index in [1.165, 1.54) is 18.8 Å². The lowest BCUT2D eigenvalue weighted by Gasteiger charge is -2.30. The van der Waals surface area contributed by atoms with E-state index in [-0.39, 0.29) is 0 Å². The third-order valence-corrected chi connectivity index (χ3v) is 3.28.